The molecular weight excluding hydrogens is 348 g/mol. The van der Waals surface area contributed by atoms with Crippen LogP contribution in [0.25, 0.3) is 10.9 Å². The second-order valence-electron chi connectivity index (χ2n) is 6.19. The van der Waals surface area contributed by atoms with Gasteiger partial charge in [0, 0.05) is 25.7 Å². The van der Waals surface area contributed by atoms with Gasteiger partial charge in [-0.15, -0.1) is 0 Å². The van der Waals surface area contributed by atoms with Crippen molar-refractivity contribution < 1.29 is 23.4 Å². The molecule has 0 amide bonds. The van der Waals surface area contributed by atoms with Gasteiger partial charge >= 0.3 is 6.16 Å². The predicted molar refractivity (Wildman–Crippen MR) is 92.5 cm³/mol. The fourth-order valence-electron chi connectivity index (χ4n) is 3.21. The van der Waals surface area contributed by atoms with Crippen molar-refractivity contribution in [1.29, 1.82) is 0 Å². The van der Waals surface area contributed by atoms with Crippen LogP contribution in [-0.4, -0.2) is 48.2 Å². The average molecular weight is 367 g/mol. The summed E-state index contributed by atoms with van der Waals surface area (Å²) >= 11 is 0. The van der Waals surface area contributed by atoms with Crippen LogP contribution in [0.3, 0.4) is 0 Å². The number of hydrogen-bond acceptors (Lipinski definition) is 5. The van der Waals surface area contributed by atoms with Gasteiger partial charge in [-0.25, -0.2) is 13.6 Å². The number of nitrogens with one attached hydrogen (secondary N) is 1. The van der Waals surface area contributed by atoms with Crippen LogP contribution in [0.2, 0.25) is 0 Å². The molecule has 1 atom stereocenters. The maximum Gasteiger partial charge on any atom is 0.511 e. The number of rotatable bonds is 4. The summed E-state index contributed by atoms with van der Waals surface area (Å²) < 4.78 is 33.4. The van der Waals surface area contributed by atoms with E-state index < -0.39 is 29.8 Å². The molecule has 7 nitrogen and oxygen atoms in total. The van der Waals surface area contributed by atoms with Crippen LogP contribution in [0.1, 0.15) is 6.92 Å². The highest BCUT2D eigenvalue weighted by Crippen LogP contribution is 2.27. The van der Waals surface area contributed by atoms with Gasteiger partial charge < -0.3 is 24.6 Å². The molecule has 3 rings (SSSR count). The molecule has 26 heavy (non-hydrogen) atoms. The molecule has 1 aliphatic heterocycles. The first-order valence-corrected chi connectivity index (χ1v) is 8.22. The number of alkyl halides is 1. The molecule has 1 aromatic heterocycles. The number of carbonyl (C=O) groups is 1. The lowest BCUT2D eigenvalue weighted by molar-refractivity contribution is 0.143. The summed E-state index contributed by atoms with van der Waals surface area (Å²) in [6.07, 6.45) is -0.527. The van der Waals surface area contributed by atoms with E-state index in [-0.39, 0.29) is 18.0 Å². The van der Waals surface area contributed by atoms with Gasteiger partial charge in [-0.3, -0.25) is 4.79 Å². The minimum absolute atomic E-state index is 0.0540. The molecule has 0 radical (unpaired) electrons. The maximum absolute atomic E-state index is 14.7. The highest BCUT2D eigenvalue weighted by molar-refractivity contribution is 5.85. The summed E-state index contributed by atoms with van der Waals surface area (Å²) in [4.78, 5) is 25.0. The first-order valence-electron chi connectivity index (χ1n) is 8.22. The topological polar surface area (TPSA) is 83.8 Å². The minimum Gasteiger partial charge on any atom is -0.449 e. The standard InChI is InChI=1S/C17H19F2N3O4/c1-10-8-22(5-3-20-10)14-7-13-11(6-12(14)19)16(23)15(26-17(24)25)9-21(13)4-2-18/h6-7,9-10,20H,2-5,8H2,1H3,(H,24,25). The molecule has 1 fully saturated rings. The molecule has 2 aromatic rings. The van der Waals surface area contributed by atoms with E-state index in [9.17, 15) is 18.4 Å². The third kappa shape index (κ3) is 3.48. The lowest BCUT2D eigenvalue weighted by atomic mass is 10.1. The molecule has 2 N–H and O–H groups in total. The SMILES string of the molecule is CC1CN(c2cc3c(cc2F)c(=O)c(OC(=O)O)cn3CCF)CCN1. The number of hydrogen-bond donors (Lipinski definition) is 2. The second-order valence-corrected chi connectivity index (χ2v) is 6.19. The van der Waals surface area contributed by atoms with Crippen molar-refractivity contribution in [3.8, 4) is 5.75 Å². The van der Waals surface area contributed by atoms with E-state index >= 15 is 0 Å². The first kappa shape index (κ1) is 18.1. The number of nitrogens with zero attached hydrogens (tertiary/aromatic N) is 2. The number of fused-ring (bicyclic) bond motifs is 1. The number of anilines is 1. The van der Waals surface area contributed by atoms with E-state index in [0.717, 1.165) is 12.3 Å². The number of aromatic nitrogens is 1. The molecule has 1 aliphatic rings. The normalized spacial score (nSPS) is 17.5. The van der Waals surface area contributed by atoms with Crippen molar-refractivity contribution >= 4 is 22.7 Å². The molecule has 140 valence electrons. The van der Waals surface area contributed by atoms with E-state index in [1.807, 2.05) is 11.8 Å². The van der Waals surface area contributed by atoms with E-state index in [1.54, 1.807) is 0 Å². The molecule has 1 saturated heterocycles. The fraction of sp³-hybridized carbons (Fsp3) is 0.412. The fourth-order valence-corrected chi connectivity index (χ4v) is 3.21. The highest BCUT2D eigenvalue weighted by atomic mass is 19.1. The largest absolute Gasteiger partial charge is 0.511 e. The second kappa shape index (κ2) is 7.28. The summed E-state index contributed by atoms with van der Waals surface area (Å²) in [5, 5.41) is 12.0. The van der Waals surface area contributed by atoms with E-state index in [2.05, 4.69) is 10.1 Å². The number of piperazine rings is 1. The average Bonchev–Trinajstić information content (AvgIpc) is 2.58. The lowest BCUT2D eigenvalue weighted by Crippen LogP contribution is -2.49. The monoisotopic (exact) mass is 367 g/mol. The van der Waals surface area contributed by atoms with Crippen molar-refractivity contribution in [3.05, 3.63) is 34.4 Å². The van der Waals surface area contributed by atoms with Crippen molar-refractivity contribution in [3.63, 3.8) is 0 Å². The van der Waals surface area contributed by atoms with Crippen LogP contribution in [0.15, 0.2) is 23.1 Å². The smallest absolute Gasteiger partial charge is 0.449 e. The number of halogens is 2. The molecule has 1 unspecified atom stereocenters. The number of carboxylic acid groups (broad SMARTS) is 1. The zero-order valence-corrected chi connectivity index (χ0v) is 14.2. The Hall–Kier alpha value is -2.68. The minimum atomic E-state index is -1.67. The summed E-state index contributed by atoms with van der Waals surface area (Å²) in [7, 11) is 0. The van der Waals surface area contributed by atoms with Crippen molar-refractivity contribution in [2.75, 3.05) is 31.2 Å². The molecule has 9 heteroatoms. The van der Waals surface area contributed by atoms with Gasteiger partial charge in [0.05, 0.1) is 29.3 Å². The highest BCUT2D eigenvalue weighted by Gasteiger charge is 2.21. The van der Waals surface area contributed by atoms with Gasteiger partial charge in [0.1, 0.15) is 12.5 Å². The third-order valence-electron chi connectivity index (χ3n) is 4.35. The summed E-state index contributed by atoms with van der Waals surface area (Å²) in [5.41, 5.74) is -0.102. The molecule has 0 spiro atoms. The Balaban J connectivity index is 2.17. The van der Waals surface area contributed by atoms with E-state index in [1.165, 1.54) is 10.6 Å². The lowest BCUT2D eigenvalue weighted by Gasteiger charge is -2.34. The Bertz CT molecular complexity index is 900. The van der Waals surface area contributed by atoms with Crippen molar-refractivity contribution in [2.45, 2.75) is 19.5 Å². The van der Waals surface area contributed by atoms with Crippen LogP contribution < -0.4 is 20.4 Å². The summed E-state index contributed by atoms with van der Waals surface area (Å²) in [5.74, 6) is -1.08. The maximum atomic E-state index is 14.7. The zero-order chi connectivity index (χ0) is 18.8. The molecule has 1 aromatic carbocycles. The zero-order valence-electron chi connectivity index (χ0n) is 14.2. The third-order valence-corrected chi connectivity index (χ3v) is 4.35. The van der Waals surface area contributed by atoms with Gasteiger partial charge in [0.2, 0.25) is 5.43 Å². The van der Waals surface area contributed by atoms with Crippen LogP contribution >= 0.6 is 0 Å². The number of benzene rings is 1. The Morgan fingerprint density at radius 3 is 2.88 bits per heavy atom. The van der Waals surface area contributed by atoms with Gasteiger partial charge in [-0.1, -0.05) is 0 Å². The van der Waals surface area contributed by atoms with Crippen LogP contribution in [0.5, 0.6) is 5.75 Å². The van der Waals surface area contributed by atoms with E-state index in [4.69, 9.17) is 5.11 Å². The molecule has 0 bridgehead atoms. The molecule has 0 saturated carbocycles. The van der Waals surface area contributed by atoms with Crippen LogP contribution in [-0.2, 0) is 6.54 Å². The Morgan fingerprint density at radius 2 is 2.23 bits per heavy atom. The molecule has 2 heterocycles. The van der Waals surface area contributed by atoms with Crippen molar-refractivity contribution in [2.24, 2.45) is 0 Å². The molecule has 0 aliphatic carbocycles. The predicted octanol–water partition coefficient (Wildman–Crippen LogP) is 1.97. The number of ether oxygens (including phenoxy) is 1. The van der Waals surface area contributed by atoms with E-state index in [0.29, 0.717) is 30.8 Å². The van der Waals surface area contributed by atoms with Crippen molar-refractivity contribution in [1.82, 2.24) is 9.88 Å². The Kier molecular flexibility index (Phi) is 5.08. The van der Waals surface area contributed by atoms with Gasteiger partial charge in [0.25, 0.3) is 0 Å². The van der Waals surface area contributed by atoms with Gasteiger partial charge in [-0.2, -0.15) is 0 Å². The quantitative estimate of drug-likeness (QED) is 0.804. The van der Waals surface area contributed by atoms with Gasteiger partial charge in [0.15, 0.2) is 5.75 Å². The van der Waals surface area contributed by atoms with Crippen LogP contribution in [0, 0.1) is 5.82 Å². The Labute approximate surface area is 147 Å². The van der Waals surface area contributed by atoms with Gasteiger partial charge in [-0.05, 0) is 19.1 Å². The summed E-state index contributed by atoms with van der Waals surface area (Å²) in [6.45, 7) is 3.02. The molecular formula is C17H19F2N3O4. The van der Waals surface area contributed by atoms with Crippen LogP contribution in [0.4, 0.5) is 19.3 Å². The summed E-state index contributed by atoms with van der Waals surface area (Å²) in [6, 6.07) is 2.74. The number of aryl methyl sites for hydroxylation is 1. The number of pyridine rings is 1. The first-order chi connectivity index (χ1) is 12.4. The Morgan fingerprint density at radius 1 is 1.46 bits per heavy atom.